The molecule has 2 N–H and O–H groups in total. The summed E-state index contributed by atoms with van der Waals surface area (Å²) in [7, 11) is 0. The molecule has 3 heterocycles. The Morgan fingerprint density at radius 1 is 1.17 bits per heavy atom. The maximum absolute atomic E-state index is 6.05. The van der Waals surface area contributed by atoms with Gasteiger partial charge in [0.25, 0.3) is 0 Å². The summed E-state index contributed by atoms with van der Waals surface area (Å²) in [4.78, 5) is 0. The minimum atomic E-state index is 0.0863. The monoisotopic (exact) mass is 254 g/mol. The Kier molecular flexibility index (Phi) is 3.63. The Morgan fingerprint density at radius 3 is 2.50 bits per heavy atom. The predicted octanol–water partition coefficient (Wildman–Crippen LogP) is 0.910. The van der Waals surface area contributed by atoms with E-state index in [-0.39, 0.29) is 5.60 Å². The highest BCUT2D eigenvalue weighted by molar-refractivity contribution is 5.06. The molecule has 3 fully saturated rings. The van der Waals surface area contributed by atoms with Gasteiger partial charge in [-0.1, -0.05) is 0 Å². The van der Waals surface area contributed by atoms with E-state index in [4.69, 9.17) is 9.47 Å². The van der Waals surface area contributed by atoms with Gasteiger partial charge in [0, 0.05) is 25.7 Å². The van der Waals surface area contributed by atoms with Crippen LogP contribution in [-0.4, -0.2) is 50.1 Å². The lowest BCUT2D eigenvalue weighted by molar-refractivity contribution is -0.136. The van der Waals surface area contributed by atoms with E-state index >= 15 is 0 Å². The largest absolute Gasteiger partial charge is 0.376 e. The molecule has 0 aromatic rings. The second kappa shape index (κ2) is 5.08. The van der Waals surface area contributed by atoms with Gasteiger partial charge < -0.3 is 20.1 Å². The van der Waals surface area contributed by atoms with E-state index in [1.807, 2.05) is 0 Å². The van der Waals surface area contributed by atoms with Crippen LogP contribution in [0, 0.1) is 5.92 Å². The average molecular weight is 254 g/mol. The standard InChI is InChI=1S/C14H26N2O2/c1-10-5-12(6-11(2)18-10)7-13-14(8-15-9-14)17-4-3-16-13/h10-13,15-16H,3-9H2,1-2H3. The van der Waals surface area contributed by atoms with Crippen LogP contribution in [-0.2, 0) is 9.47 Å². The molecule has 0 saturated carbocycles. The van der Waals surface area contributed by atoms with Crippen LogP contribution < -0.4 is 10.6 Å². The molecule has 3 saturated heterocycles. The number of nitrogens with one attached hydrogen (secondary N) is 2. The molecule has 3 rings (SSSR count). The highest BCUT2D eigenvalue weighted by Crippen LogP contribution is 2.34. The van der Waals surface area contributed by atoms with Gasteiger partial charge in [-0.3, -0.25) is 0 Å². The first-order chi connectivity index (χ1) is 8.68. The third kappa shape index (κ3) is 2.44. The maximum Gasteiger partial charge on any atom is 0.108 e. The first-order valence-electron chi connectivity index (χ1n) is 7.41. The number of hydrogen-bond donors (Lipinski definition) is 2. The van der Waals surface area contributed by atoms with Crippen LogP contribution in [0.1, 0.15) is 33.1 Å². The molecule has 104 valence electrons. The van der Waals surface area contributed by atoms with E-state index in [2.05, 4.69) is 24.5 Å². The molecule has 0 amide bonds. The molecular weight excluding hydrogens is 228 g/mol. The predicted molar refractivity (Wildman–Crippen MR) is 70.7 cm³/mol. The van der Waals surface area contributed by atoms with Crippen molar-refractivity contribution in [2.75, 3.05) is 26.2 Å². The summed E-state index contributed by atoms with van der Waals surface area (Å²) in [6.45, 7) is 8.29. The van der Waals surface area contributed by atoms with Crippen molar-refractivity contribution in [1.82, 2.24) is 10.6 Å². The smallest absolute Gasteiger partial charge is 0.108 e. The van der Waals surface area contributed by atoms with Crippen molar-refractivity contribution in [3.8, 4) is 0 Å². The van der Waals surface area contributed by atoms with Crippen LogP contribution >= 0.6 is 0 Å². The zero-order chi connectivity index (χ0) is 12.6. The highest BCUT2D eigenvalue weighted by Gasteiger charge is 2.47. The molecule has 3 unspecified atom stereocenters. The molecule has 0 aromatic heterocycles. The summed E-state index contributed by atoms with van der Waals surface area (Å²) < 4.78 is 11.9. The van der Waals surface area contributed by atoms with Crippen molar-refractivity contribution in [3.63, 3.8) is 0 Å². The van der Waals surface area contributed by atoms with Gasteiger partial charge in [0.2, 0.25) is 0 Å². The summed E-state index contributed by atoms with van der Waals surface area (Å²) in [5.74, 6) is 0.778. The lowest BCUT2D eigenvalue weighted by atomic mass is 9.78. The van der Waals surface area contributed by atoms with Crippen molar-refractivity contribution in [3.05, 3.63) is 0 Å². The SMILES string of the molecule is CC1CC(CC2NCCOC23CNC3)CC(C)O1. The lowest BCUT2D eigenvalue weighted by Crippen LogP contribution is -2.73. The molecule has 3 aliphatic rings. The maximum atomic E-state index is 6.05. The fourth-order valence-corrected chi connectivity index (χ4v) is 3.86. The van der Waals surface area contributed by atoms with Gasteiger partial charge in [-0.05, 0) is 39.0 Å². The Hall–Kier alpha value is -0.160. The average Bonchev–Trinajstić information content (AvgIpc) is 2.26. The molecule has 3 aliphatic heterocycles. The fraction of sp³-hybridized carbons (Fsp3) is 1.00. The first kappa shape index (κ1) is 12.9. The zero-order valence-corrected chi connectivity index (χ0v) is 11.6. The van der Waals surface area contributed by atoms with Crippen LogP contribution in [0.2, 0.25) is 0 Å². The highest BCUT2D eigenvalue weighted by atomic mass is 16.5. The topological polar surface area (TPSA) is 42.5 Å². The van der Waals surface area contributed by atoms with Gasteiger partial charge >= 0.3 is 0 Å². The van der Waals surface area contributed by atoms with Crippen LogP contribution in [0.15, 0.2) is 0 Å². The summed E-state index contributed by atoms with van der Waals surface area (Å²) >= 11 is 0. The molecule has 0 radical (unpaired) electrons. The van der Waals surface area contributed by atoms with Gasteiger partial charge in [-0.15, -0.1) is 0 Å². The van der Waals surface area contributed by atoms with Crippen molar-refractivity contribution >= 4 is 0 Å². The molecule has 18 heavy (non-hydrogen) atoms. The Balaban J connectivity index is 1.60. The molecule has 0 aromatic carbocycles. The van der Waals surface area contributed by atoms with Crippen LogP contribution in [0.4, 0.5) is 0 Å². The van der Waals surface area contributed by atoms with Crippen molar-refractivity contribution in [2.24, 2.45) is 5.92 Å². The van der Waals surface area contributed by atoms with E-state index in [1.165, 1.54) is 19.3 Å². The normalized spacial score (nSPS) is 43.7. The second-order valence-corrected chi connectivity index (χ2v) is 6.35. The molecule has 4 nitrogen and oxygen atoms in total. The number of ether oxygens (including phenoxy) is 2. The fourth-order valence-electron chi connectivity index (χ4n) is 3.86. The molecule has 4 heteroatoms. The Bertz CT molecular complexity index is 284. The van der Waals surface area contributed by atoms with Gasteiger partial charge in [-0.25, -0.2) is 0 Å². The van der Waals surface area contributed by atoms with Gasteiger partial charge in [0.1, 0.15) is 5.60 Å². The van der Waals surface area contributed by atoms with E-state index in [0.717, 1.165) is 32.2 Å². The Labute approximate surface area is 110 Å². The summed E-state index contributed by atoms with van der Waals surface area (Å²) in [6, 6.07) is 0.523. The third-order valence-electron chi connectivity index (χ3n) is 4.73. The van der Waals surface area contributed by atoms with Crippen LogP contribution in [0.25, 0.3) is 0 Å². The van der Waals surface area contributed by atoms with Crippen LogP contribution in [0.5, 0.6) is 0 Å². The lowest BCUT2D eigenvalue weighted by Gasteiger charge is -2.52. The molecular formula is C14H26N2O2. The van der Waals surface area contributed by atoms with Gasteiger partial charge in [0.05, 0.1) is 18.8 Å². The molecule has 1 spiro atoms. The van der Waals surface area contributed by atoms with Crippen molar-refractivity contribution < 1.29 is 9.47 Å². The van der Waals surface area contributed by atoms with E-state index in [1.54, 1.807) is 0 Å². The number of hydrogen-bond acceptors (Lipinski definition) is 4. The number of morpholine rings is 1. The molecule has 0 bridgehead atoms. The first-order valence-corrected chi connectivity index (χ1v) is 7.41. The van der Waals surface area contributed by atoms with Gasteiger partial charge in [-0.2, -0.15) is 0 Å². The summed E-state index contributed by atoms with van der Waals surface area (Å²) in [5.41, 5.74) is 0.0863. The van der Waals surface area contributed by atoms with Gasteiger partial charge in [0.15, 0.2) is 0 Å². The molecule has 0 aliphatic carbocycles. The zero-order valence-electron chi connectivity index (χ0n) is 11.6. The van der Waals surface area contributed by atoms with E-state index in [9.17, 15) is 0 Å². The number of rotatable bonds is 2. The van der Waals surface area contributed by atoms with E-state index < -0.39 is 0 Å². The minimum absolute atomic E-state index is 0.0863. The van der Waals surface area contributed by atoms with Crippen molar-refractivity contribution in [2.45, 2.75) is 57.0 Å². The third-order valence-corrected chi connectivity index (χ3v) is 4.73. The summed E-state index contributed by atoms with van der Waals surface area (Å²) in [6.07, 6.45) is 4.47. The van der Waals surface area contributed by atoms with Crippen molar-refractivity contribution in [1.29, 1.82) is 0 Å². The summed E-state index contributed by atoms with van der Waals surface area (Å²) in [5, 5.41) is 7.05. The van der Waals surface area contributed by atoms with Crippen LogP contribution in [0.3, 0.4) is 0 Å². The Morgan fingerprint density at radius 2 is 1.89 bits per heavy atom. The minimum Gasteiger partial charge on any atom is -0.376 e. The second-order valence-electron chi connectivity index (χ2n) is 6.35. The molecule has 3 atom stereocenters. The van der Waals surface area contributed by atoms with E-state index in [0.29, 0.717) is 18.2 Å². The quantitative estimate of drug-likeness (QED) is 0.769.